The molecule has 2 aliphatic carbocycles. The third-order valence-electron chi connectivity index (χ3n) is 3.46. The molecule has 8 heteroatoms. The summed E-state index contributed by atoms with van der Waals surface area (Å²) in [4.78, 5) is 20.9. The Balaban J connectivity index is 0.000000198. The number of aromatic hydroxyl groups is 2. The normalized spacial score (nSPS) is 13.9. The van der Waals surface area contributed by atoms with Gasteiger partial charge in [0.05, 0.1) is 0 Å². The second kappa shape index (κ2) is 6.39. The molecule has 8 nitrogen and oxygen atoms in total. The molecule has 2 aromatic rings. The Kier molecular flexibility index (Phi) is 4.13. The van der Waals surface area contributed by atoms with Crippen LogP contribution in [0.15, 0.2) is 58.4 Å². The van der Waals surface area contributed by atoms with E-state index >= 15 is 0 Å². The fraction of sp³-hybridized carbons (Fsp3) is 0.0625. The number of aromatic nitrogens is 3. The molecule has 0 atom stereocenters. The number of nitrogens with two attached hydrogens (primary N) is 1. The molecule has 0 aliphatic heterocycles. The first-order chi connectivity index (χ1) is 11.5. The smallest absolute Gasteiger partial charge is 0.349 e. The lowest BCUT2D eigenvalue weighted by Gasteiger charge is -2.04. The monoisotopic (exact) mass is 325 g/mol. The van der Waals surface area contributed by atoms with Gasteiger partial charge in [0.1, 0.15) is 5.82 Å². The number of nitrogens with one attached hydrogen (secondary N) is 2. The summed E-state index contributed by atoms with van der Waals surface area (Å²) in [5.74, 6) is 4.65. The number of benzene rings is 1. The van der Waals surface area contributed by atoms with Crippen LogP contribution in [0, 0.1) is 0 Å². The average molecular weight is 325 g/mol. The number of hydrogen-bond acceptors (Lipinski definition) is 7. The molecule has 4 rings (SSSR count). The molecular formula is C16H15N5O3. The third-order valence-corrected chi connectivity index (χ3v) is 3.46. The van der Waals surface area contributed by atoms with E-state index in [0.717, 1.165) is 0 Å². The number of hydrogen-bond donors (Lipinski definition) is 5. The van der Waals surface area contributed by atoms with Gasteiger partial charge in [0.25, 0.3) is 0 Å². The predicted octanol–water partition coefficient (Wildman–Crippen LogP) is 1.34. The highest BCUT2D eigenvalue weighted by atomic mass is 16.3. The molecule has 24 heavy (non-hydrogen) atoms. The predicted molar refractivity (Wildman–Crippen MR) is 89.2 cm³/mol. The Morgan fingerprint density at radius 2 is 1.79 bits per heavy atom. The molecule has 1 aromatic heterocycles. The zero-order valence-corrected chi connectivity index (χ0v) is 12.5. The molecule has 0 unspecified atom stereocenters. The second-order valence-corrected chi connectivity index (χ2v) is 5.17. The highest BCUT2D eigenvalue weighted by Gasteiger charge is 2.08. The molecule has 2 aliphatic rings. The number of nitrogens with zero attached hydrogens (tertiary/aromatic N) is 2. The summed E-state index contributed by atoms with van der Waals surface area (Å²) < 4.78 is 0. The zero-order chi connectivity index (χ0) is 17.1. The summed E-state index contributed by atoms with van der Waals surface area (Å²) >= 11 is 0. The van der Waals surface area contributed by atoms with Crippen molar-refractivity contribution in [1.29, 1.82) is 0 Å². The number of rotatable bonds is 2. The summed E-state index contributed by atoms with van der Waals surface area (Å²) in [7, 11) is 0. The summed E-state index contributed by atoms with van der Waals surface area (Å²) in [5, 5.41) is 18.5. The SMILES string of the molecule is C1=CC2=CC=C1C2.NNc1nc(-c2ccc(O)c(O)c2)[nH]c(=O)n1. The van der Waals surface area contributed by atoms with Crippen molar-refractivity contribution in [3.63, 3.8) is 0 Å². The largest absolute Gasteiger partial charge is 0.504 e. The number of phenolic OH excluding ortho intramolecular Hbond substituents is 2. The minimum atomic E-state index is -0.629. The van der Waals surface area contributed by atoms with Crippen molar-refractivity contribution in [3.05, 3.63) is 64.1 Å². The number of anilines is 1. The van der Waals surface area contributed by atoms with Crippen LogP contribution in [0.4, 0.5) is 5.95 Å². The van der Waals surface area contributed by atoms with Gasteiger partial charge >= 0.3 is 5.69 Å². The van der Waals surface area contributed by atoms with E-state index in [-0.39, 0.29) is 23.3 Å². The van der Waals surface area contributed by atoms with E-state index in [9.17, 15) is 9.90 Å². The Labute approximate surface area is 136 Å². The number of nitrogen functional groups attached to an aromatic ring is 1. The van der Waals surface area contributed by atoms with Gasteiger partial charge < -0.3 is 10.2 Å². The van der Waals surface area contributed by atoms with Gasteiger partial charge in [0.15, 0.2) is 11.5 Å². The van der Waals surface area contributed by atoms with Crippen LogP contribution in [-0.2, 0) is 0 Å². The van der Waals surface area contributed by atoms with Crippen LogP contribution < -0.4 is 17.0 Å². The van der Waals surface area contributed by atoms with Crippen molar-refractivity contribution in [2.75, 3.05) is 5.43 Å². The first-order valence-corrected chi connectivity index (χ1v) is 7.10. The lowest BCUT2D eigenvalue weighted by Crippen LogP contribution is -2.19. The molecule has 0 spiro atoms. The molecule has 0 saturated heterocycles. The lowest BCUT2D eigenvalue weighted by atomic mass is 10.2. The number of hydrazine groups is 1. The molecule has 2 bridgehead atoms. The maximum atomic E-state index is 11.2. The number of fused-ring (bicyclic) bond motifs is 2. The van der Waals surface area contributed by atoms with E-state index < -0.39 is 5.69 Å². The van der Waals surface area contributed by atoms with Crippen molar-refractivity contribution in [2.24, 2.45) is 5.84 Å². The average Bonchev–Trinajstić information content (AvgIpc) is 3.23. The molecule has 0 fully saturated rings. The zero-order valence-electron chi connectivity index (χ0n) is 12.5. The van der Waals surface area contributed by atoms with Gasteiger partial charge in [-0.15, -0.1) is 0 Å². The maximum Gasteiger partial charge on any atom is 0.349 e. The number of allylic oxidation sites excluding steroid dienone is 6. The van der Waals surface area contributed by atoms with E-state index in [1.165, 1.54) is 35.8 Å². The van der Waals surface area contributed by atoms with E-state index in [4.69, 9.17) is 10.9 Å². The van der Waals surface area contributed by atoms with E-state index in [0.29, 0.717) is 5.56 Å². The molecule has 122 valence electrons. The van der Waals surface area contributed by atoms with E-state index in [1.807, 2.05) is 0 Å². The second-order valence-electron chi connectivity index (χ2n) is 5.17. The van der Waals surface area contributed by atoms with Crippen LogP contribution in [0.2, 0.25) is 0 Å². The van der Waals surface area contributed by atoms with Gasteiger partial charge in [0.2, 0.25) is 5.95 Å². The summed E-state index contributed by atoms with van der Waals surface area (Å²) in [6, 6.07) is 4.02. The van der Waals surface area contributed by atoms with Crippen LogP contribution in [-0.4, -0.2) is 25.2 Å². The van der Waals surface area contributed by atoms with Crippen molar-refractivity contribution >= 4 is 5.95 Å². The fourth-order valence-corrected chi connectivity index (χ4v) is 2.27. The van der Waals surface area contributed by atoms with Crippen molar-refractivity contribution in [3.8, 4) is 22.9 Å². The highest BCUT2D eigenvalue weighted by Crippen LogP contribution is 2.28. The Morgan fingerprint density at radius 3 is 2.29 bits per heavy atom. The van der Waals surface area contributed by atoms with Crippen LogP contribution in [0.25, 0.3) is 11.4 Å². The molecule has 0 radical (unpaired) electrons. The highest BCUT2D eigenvalue weighted by molar-refractivity contribution is 5.60. The Morgan fingerprint density at radius 1 is 1.08 bits per heavy atom. The molecule has 1 heterocycles. The quantitative estimate of drug-likeness (QED) is 0.319. The lowest BCUT2D eigenvalue weighted by molar-refractivity contribution is 0.404. The first-order valence-electron chi connectivity index (χ1n) is 7.10. The number of phenols is 2. The third kappa shape index (κ3) is 3.33. The van der Waals surface area contributed by atoms with Crippen LogP contribution in [0.3, 0.4) is 0 Å². The van der Waals surface area contributed by atoms with E-state index in [1.54, 1.807) is 0 Å². The minimum absolute atomic E-state index is 0.0451. The standard InChI is InChI=1S/C9H9N5O3.C7H6/c10-14-8-11-7(12-9(17)13-8)4-1-2-5(15)6(16)3-4;1-2-7-4-3-6(1)5-7/h1-3,15-16H,10H2,(H2,11,12,13,14,17);1-4H,5H2. The summed E-state index contributed by atoms with van der Waals surface area (Å²) in [5.41, 5.74) is 4.87. The molecule has 6 N–H and O–H groups in total. The number of H-pyrrole nitrogens is 1. The van der Waals surface area contributed by atoms with Gasteiger partial charge in [-0.25, -0.2) is 10.6 Å². The van der Waals surface area contributed by atoms with Crippen molar-refractivity contribution < 1.29 is 10.2 Å². The molecular weight excluding hydrogens is 310 g/mol. The minimum Gasteiger partial charge on any atom is -0.504 e. The van der Waals surface area contributed by atoms with Crippen LogP contribution >= 0.6 is 0 Å². The van der Waals surface area contributed by atoms with Gasteiger partial charge in [-0.2, -0.15) is 9.97 Å². The summed E-state index contributed by atoms with van der Waals surface area (Å²) in [6.07, 6.45) is 9.90. The Bertz CT molecular complexity index is 908. The van der Waals surface area contributed by atoms with Gasteiger partial charge in [-0.3, -0.25) is 10.4 Å². The van der Waals surface area contributed by atoms with Gasteiger partial charge in [-0.05, 0) is 35.8 Å². The van der Waals surface area contributed by atoms with Gasteiger partial charge in [0, 0.05) is 5.56 Å². The molecule has 0 amide bonds. The molecule has 0 saturated carbocycles. The Hall–Kier alpha value is -3.39. The van der Waals surface area contributed by atoms with Crippen molar-refractivity contribution in [1.82, 2.24) is 15.0 Å². The van der Waals surface area contributed by atoms with Gasteiger partial charge in [-0.1, -0.05) is 24.3 Å². The van der Waals surface area contributed by atoms with E-state index in [2.05, 4.69) is 44.7 Å². The maximum absolute atomic E-state index is 11.2. The first kappa shape index (κ1) is 15.5. The van der Waals surface area contributed by atoms with Crippen LogP contribution in [0.5, 0.6) is 11.5 Å². The summed E-state index contributed by atoms with van der Waals surface area (Å²) in [6.45, 7) is 0. The fourth-order valence-electron chi connectivity index (χ4n) is 2.27. The van der Waals surface area contributed by atoms with Crippen molar-refractivity contribution in [2.45, 2.75) is 6.42 Å². The topological polar surface area (TPSA) is 137 Å². The number of aromatic amines is 1. The molecule has 1 aromatic carbocycles. The van der Waals surface area contributed by atoms with Crippen LogP contribution in [0.1, 0.15) is 6.42 Å².